The van der Waals surface area contributed by atoms with Crippen molar-refractivity contribution in [2.24, 2.45) is 0 Å². The van der Waals surface area contributed by atoms with Crippen LogP contribution < -0.4 is 5.56 Å². The van der Waals surface area contributed by atoms with E-state index in [1.165, 1.54) is 35.5 Å². The molecule has 0 amide bonds. The van der Waals surface area contributed by atoms with Crippen LogP contribution in [0.25, 0.3) is 10.2 Å². The third-order valence-corrected chi connectivity index (χ3v) is 7.05. The number of rotatable bonds is 6. The number of halogens is 2. The van der Waals surface area contributed by atoms with Gasteiger partial charge in [0.15, 0.2) is 5.16 Å². The molecule has 0 unspecified atom stereocenters. The number of hydrogen-bond donors (Lipinski definition) is 0. The van der Waals surface area contributed by atoms with Gasteiger partial charge in [0.05, 0.1) is 11.1 Å². The van der Waals surface area contributed by atoms with Crippen LogP contribution in [0.4, 0.5) is 8.78 Å². The number of alkyl halides is 2. The van der Waals surface area contributed by atoms with Gasteiger partial charge in [-0.15, -0.1) is 17.9 Å². The quantitative estimate of drug-likeness (QED) is 0.248. The molecule has 0 bridgehead atoms. The molecule has 0 atom stereocenters. The zero-order valence-corrected chi connectivity index (χ0v) is 16.9. The first-order chi connectivity index (χ1) is 13.6. The van der Waals surface area contributed by atoms with E-state index >= 15 is 0 Å². The molecular weight excluding hydrogens is 402 g/mol. The van der Waals surface area contributed by atoms with E-state index in [0.717, 1.165) is 46.0 Å². The van der Waals surface area contributed by atoms with E-state index in [0.29, 0.717) is 11.7 Å². The fraction of sp³-hybridized carbons (Fsp3) is 0.421. The SMILES string of the molecule is C=CCn1c(SCc2nccn2C(F)F)nc2sc3c(c2c1=O)CCCCC3. The third-order valence-electron chi connectivity index (χ3n) is 4.89. The van der Waals surface area contributed by atoms with Crippen LogP contribution in [0.3, 0.4) is 0 Å². The number of hydrogen-bond acceptors (Lipinski definition) is 5. The number of allylic oxidation sites excluding steroid dienone is 1. The van der Waals surface area contributed by atoms with Crippen molar-refractivity contribution in [3.63, 3.8) is 0 Å². The molecule has 3 heterocycles. The predicted molar refractivity (Wildman–Crippen MR) is 108 cm³/mol. The molecule has 0 N–H and O–H groups in total. The maximum Gasteiger partial charge on any atom is 0.319 e. The molecule has 0 spiro atoms. The lowest BCUT2D eigenvalue weighted by Crippen LogP contribution is -2.23. The summed E-state index contributed by atoms with van der Waals surface area (Å²) in [5, 5.41) is 1.24. The molecule has 0 aliphatic heterocycles. The Hall–Kier alpha value is -2.00. The first-order valence-electron chi connectivity index (χ1n) is 9.18. The van der Waals surface area contributed by atoms with Crippen molar-refractivity contribution >= 4 is 33.3 Å². The van der Waals surface area contributed by atoms with E-state index in [1.807, 2.05) is 0 Å². The maximum absolute atomic E-state index is 13.2. The van der Waals surface area contributed by atoms with Gasteiger partial charge < -0.3 is 0 Å². The zero-order chi connectivity index (χ0) is 19.7. The monoisotopic (exact) mass is 422 g/mol. The largest absolute Gasteiger partial charge is 0.319 e. The average molecular weight is 423 g/mol. The highest BCUT2D eigenvalue weighted by molar-refractivity contribution is 7.98. The smallest absolute Gasteiger partial charge is 0.283 e. The Balaban J connectivity index is 1.75. The molecule has 3 aromatic heterocycles. The number of fused-ring (bicyclic) bond motifs is 3. The van der Waals surface area contributed by atoms with Crippen LogP contribution in [0.5, 0.6) is 0 Å². The fourth-order valence-corrected chi connectivity index (χ4v) is 5.82. The van der Waals surface area contributed by atoms with Crippen molar-refractivity contribution in [3.8, 4) is 0 Å². The molecule has 0 aromatic carbocycles. The Bertz CT molecular complexity index is 1070. The average Bonchev–Trinajstić information content (AvgIpc) is 3.21. The van der Waals surface area contributed by atoms with Crippen LogP contribution in [0, 0.1) is 0 Å². The lowest BCUT2D eigenvalue weighted by molar-refractivity contribution is 0.0678. The first-order valence-corrected chi connectivity index (χ1v) is 11.0. The highest BCUT2D eigenvalue weighted by Crippen LogP contribution is 2.34. The second-order valence-electron chi connectivity index (χ2n) is 6.66. The standard InChI is InChI=1S/C19H20F2N4OS2/c1-2-9-25-17(26)15-12-6-4-3-5-7-13(12)28-16(15)23-19(25)27-11-14-22-8-10-24(14)18(20)21/h2,8,10,18H,1,3-7,9,11H2. The van der Waals surface area contributed by atoms with E-state index in [-0.39, 0.29) is 17.1 Å². The minimum absolute atomic E-state index is 0.0657. The van der Waals surface area contributed by atoms with Crippen molar-refractivity contribution < 1.29 is 8.78 Å². The van der Waals surface area contributed by atoms with Gasteiger partial charge in [-0.2, -0.15) is 8.78 Å². The molecule has 1 aliphatic rings. The summed E-state index contributed by atoms with van der Waals surface area (Å²) in [6.45, 7) is 1.44. The number of imidazole rings is 1. The Morgan fingerprint density at radius 3 is 2.93 bits per heavy atom. The van der Waals surface area contributed by atoms with Crippen LogP contribution in [0.2, 0.25) is 0 Å². The zero-order valence-electron chi connectivity index (χ0n) is 15.2. The summed E-state index contributed by atoms with van der Waals surface area (Å²) in [4.78, 5) is 24.0. The second-order valence-corrected chi connectivity index (χ2v) is 8.69. The summed E-state index contributed by atoms with van der Waals surface area (Å²) >= 11 is 2.84. The minimum atomic E-state index is -2.64. The predicted octanol–water partition coefficient (Wildman–Crippen LogP) is 4.80. The van der Waals surface area contributed by atoms with E-state index in [2.05, 4.69) is 11.6 Å². The molecule has 0 saturated heterocycles. The molecule has 0 saturated carbocycles. The Kier molecular flexibility index (Phi) is 5.63. The second kappa shape index (κ2) is 8.16. The lowest BCUT2D eigenvalue weighted by Gasteiger charge is -2.11. The topological polar surface area (TPSA) is 52.7 Å². The van der Waals surface area contributed by atoms with Gasteiger partial charge in [-0.3, -0.25) is 13.9 Å². The summed E-state index contributed by atoms with van der Waals surface area (Å²) in [6.07, 6.45) is 9.58. The van der Waals surface area contributed by atoms with Crippen LogP contribution in [0.1, 0.15) is 42.1 Å². The summed E-state index contributed by atoms with van der Waals surface area (Å²) in [5.74, 6) is 0.457. The van der Waals surface area contributed by atoms with Gasteiger partial charge in [-0.05, 0) is 31.2 Å². The van der Waals surface area contributed by atoms with E-state index in [1.54, 1.807) is 22.0 Å². The minimum Gasteiger partial charge on any atom is -0.283 e. The molecule has 5 nitrogen and oxygen atoms in total. The number of aromatic nitrogens is 4. The Morgan fingerprint density at radius 2 is 2.14 bits per heavy atom. The summed E-state index contributed by atoms with van der Waals surface area (Å²) < 4.78 is 28.5. The van der Waals surface area contributed by atoms with Crippen LogP contribution in [-0.2, 0) is 25.1 Å². The van der Waals surface area contributed by atoms with E-state index in [4.69, 9.17) is 4.98 Å². The third kappa shape index (κ3) is 3.53. The van der Waals surface area contributed by atoms with Gasteiger partial charge >= 0.3 is 6.55 Å². The van der Waals surface area contributed by atoms with Gasteiger partial charge in [-0.25, -0.2) is 9.97 Å². The molecule has 0 fully saturated rings. The fourth-order valence-electron chi connectivity index (χ4n) is 3.56. The van der Waals surface area contributed by atoms with Crippen molar-refractivity contribution in [1.82, 2.24) is 19.1 Å². The van der Waals surface area contributed by atoms with Crippen molar-refractivity contribution in [2.45, 2.75) is 56.1 Å². The van der Waals surface area contributed by atoms with Crippen LogP contribution >= 0.6 is 23.1 Å². The number of thioether (sulfide) groups is 1. The molecule has 4 rings (SSSR count). The van der Waals surface area contributed by atoms with E-state index in [9.17, 15) is 13.6 Å². The number of nitrogens with zero attached hydrogens (tertiary/aromatic N) is 4. The van der Waals surface area contributed by atoms with Crippen molar-refractivity contribution in [3.05, 3.63) is 51.7 Å². The summed E-state index contributed by atoms with van der Waals surface area (Å²) in [7, 11) is 0. The van der Waals surface area contributed by atoms with Gasteiger partial charge in [0.2, 0.25) is 0 Å². The van der Waals surface area contributed by atoms with Crippen molar-refractivity contribution in [1.29, 1.82) is 0 Å². The molecular formula is C19H20F2N4OS2. The Morgan fingerprint density at radius 1 is 1.32 bits per heavy atom. The Labute approximate surface area is 169 Å². The van der Waals surface area contributed by atoms with Crippen molar-refractivity contribution in [2.75, 3.05) is 0 Å². The molecule has 148 valence electrons. The van der Waals surface area contributed by atoms with Gasteiger partial charge in [0.25, 0.3) is 5.56 Å². The first kappa shape index (κ1) is 19.3. The van der Waals surface area contributed by atoms with Gasteiger partial charge in [-0.1, -0.05) is 24.3 Å². The summed E-state index contributed by atoms with van der Waals surface area (Å²) in [6, 6.07) is 0. The number of aryl methyl sites for hydroxylation is 2. The van der Waals surface area contributed by atoms with Crippen LogP contribution in [0.15, 0.2) is 35.0 Å². The molecule has 28 heavy (non-hydrogen) atoms. The normalized spacial score (nSPS) is 14.4. The van der Waals surface area contributed by atoms with Crippen LogP contribution in [-0.4, -0.2) is 19.1 Å². The van der Waals surface area contributed by atoms with E-state index < -0.39 is 6.55 Å². The highest BCUT2D eigenvalue weighted by Gasteiger charge is 2.22. The maximum atomic E-state index is 13.2. The number of thiophene rings is 1. The lowest BCUT2D eigenvalue weighted by atomic mass is 10.1. The summed E-state index contributed by atoms with van der Waals surface area (Å²) in [5.41, 5.74) is 1.08. The molecule has 0 radical (unpaired) electrons. The molecule has 3 aromatic rings. The molecule has 9 heteroatoms. The highest BCUT2D eigenvalue weighted by atomic mass is 32.2. The molecule has 1 aliphatic carbocycles. The van der Waals surface area contributed by atoms with Gasteiger partial charge in [0, 0.05) is 23.8 Å². The van der Waals surface area contributed by atoms with Gasteiger partial charge in [0.1, 0.15) is 10.7 Å².